The summed E-state index contributed by atoms with van der Waals surface area (Å²) in [5, 5.41) is 18.8. The van der Waals surface area contributed by atoms with E-state index in [0.717, 1.165) is 12.3 Å². The van der Waals surface area contributed by atoms with E-state index in [4.69, 9.17) is 0 Å². The van der Waals surface area contributed by atoms with E-state index in [1.54, 1.807) is 9.80 Å². The van der Waals surface area contributed by atoms with Crippen LogP contribution in [0.25, 0.3) is 0 Å². The van der Waals surface area contributed by atoms with Crippen molar-refractivity contribution in [2.45, 2.75) is 40.0 Å². The van der Waals surface area contributed by atoms with Gasteiger partial charge in [-0.15, -0.1) is 0 Å². The predicted molar refractivity (Wildman–Crippen MR) is 96.1 cm³/mol. The monoisotopic (exact) mass is 372 g/mol. The summed E-state index contributed by atoms with van der Waals surface area (Å²) in [6.45, 7) is 16.7. The molecule has 0 spiro atoms. The summed E-state index contributed by atoms with van der Waals surface area (Å²) < 4.78 is 0. The number of likely N-dealkylation sites (N-methyl/N-ethyl adjacent to an activating group) is 4. The van der Waals surface area contributed by atoms with E-state index >= 15 is 0 Å². The van der Waals surface area contributed by atoms with E-state index in [-0.39, 0.29) is 0 Å². The number of hydrogen-bond acceptors (Lipinski definition) is 6. The summed E-state index contributed by atoms with van der Waals surface area (Å²) in [6.07, 6.45) is 2.26. The summed E-state index contributed by atoms with van der Waals surface area (Å²) in [4.78, 5) is 27.1. The van der Waals surface area contributed by atoms with E-state index in [9.17, 15) is 19.8 Å². The Labute approximate surface area is 157 Å². The zero-order valence-electron chi connectivity index (χ0n) is 17.1. The van der Waals surface area contributed by atoms with E-state index in [1.807, 2.05) is 0 Å². The van der Waals surface area contributed by atoms with Gasteiger partial charge in [-0.1, -0.05) is 13.8 Å². The second kappa shape index (κ2) is 12.8. The summed E-state index contributed by atoms with van der Waals surface area (Å²) in [7, 11) is 4.53. The van der Waals surface area contributed by atoms with Crippen LogP contribution in [0.5, 0.6) is 0 Å². The van der Waals surface area contributed by atoms with Gasteiger partial charge >= 0.3 is 0 Å². The number of carbonyl (C=O) groups excluding carboxylic acids is 2. The molecule has 0 amide bonds. The molecule has 0 bridgehead atoms. The Hall–Kier alpha value is -1.48. The largest absolute Gasteiger partial charge is 0.545 e. The first-order valence-corrected chi connectivity index (χ1v) is 9.36. The van der Waals surface area contributed by atoms with E-state index in [0.29, 0.717) is 12.2 Å². The Morgan fingerprint density at radius 2 is 1.19 bits per heavy atom. The van der Waals surface area contributed by atoms with Crippen molar-refractivity contribution >= 4 is 11.9 Å². The number of carboxylic acid groups (broad SMARTS) is 2. The zero-order chi connectivity index (χ0) is 20.3. The molecule has 2 fully saturated rings. The summed E-state index contributed by atoms with van der Waals surface area (Å²) in [6, 6.07) is 0. The lowest BCUT2D eigenvalue weighted by atomic mass is 10.5. The number of rotatable bonds is 4. The molecule has 2 aliphatic heterocycles. The standard InChI is InChI=1S/2C7H16N2.C4H4O4/c2*1-4-9-6-5-8(3)7(9)2;5-3(6)1-2-4(7)8/h2*7H,4-6H2,1-3H3;1-2H,(H,5,6)(H,7,8)/b;;2-1-. The lowest BCUT2D eigenvalue weighted by Crippen LogP contribution is -3.11. The van der Waals surface area contributed by atoms with E-state index in [2.05, 4.69) is 51.6 Å². The molecule has 26 heavy (non-hydrogen) atoms. The third-order valence-corrected chi connectivity index (χ3v) is 5.28. The highest BCUT2D eigenvalue weighted by Gasteiger charge is 2.27. The van der Waals surface area contributed by atoms with Crippen molar-refractivity contribution in [2.75, 3.05) is 53.4 Å². The molecule has 8 heteroatoms. The molecule has 152 valence electrons. The average molecular weight is 373 g/mol. The quantitative estimate of drug-likeness (QED) is 0.483. The van der Waals surface area contributed by atoms with Crippen LogP contribution >= 0.6 is 0 Å². The van der Waals surface area contributed by atoms with Crippen molar-refractivity contribution in [1.82, 2.24) is 9.80 Å². The minimum Gasteiger partial charge on any atom is -0.545 e. The molecule has 2 rings (SSSR count). The van der Waals surface area contributed by atoms with Crippen molar-refractivity contribution < 1.29 is 29.6 Å². The fourth-order valence-electron chi connectivity index (χ4n) is 3.07. The van der Waals surface area contributed by atoms with Gasteiger partial charge in [0, 0.05) is 26.9 Å². The topological polar surface area (TPSA) is 95.6 Å². The molecule has 4 atom stereocenters. The van der Waals surface area contributed by atoms with Crippen LogP contribution in [0.2, 0.25) is 0 Å². The van der Waals surface area contributed by atoms with Gasteiger partial charge in [0.05, 0.1) is 52.2 Å². The Morgan fingerprint density at radius 1 is 0.885 bits per heavy atom. The average Bonchev–Trinajstić information content (AvgIpc) is 3.09. The van der Waals surface area contributed by atoms with Crippen molar-refractivity contribution in [3.63, 3.8) is 0 Å². The van der Waals surface area contributed by atoms with Gasteiger partial charge in [0.15, 0.2) is 0 Å². The number of nitrogens with zero attached hydrogens (tertiary/aromatic N) is 2. The molecule has 4 unspecified atom stereocenters. The maximum Gasteiger partial charge on any atom is 0.140 e. The second-order valence-electron chi connectivity index (χ2n) is 6.77. The molecule has 0 aromatic rings. The Bertz CT molecular complexity index is 418. The minimum absolute atomic E-state index is 0.384. The number of hydrogen-bond donors (Lipinski definition) is 2. The minimum atomic E-state index is -1.55. The second-order valence-corrected chi connectivity index (χ2v) is 6.77. The number of quaternary nitrogens is 2. The summed E-state index contributed by atoms with van der Waals surface area (Å²) in [5.74, 6) is -3.09. The smallest absolute Gasteiger partial charge is 0.140 e. The molecule has 2 heterocycles. The molecule has 0 aromatic heterocycles. The molecule has 8 nitrogen and oxygen atoms in total. The number of aliphatic carboxylic acids is 2. The molecular formula is C18H36N4O4. The number of carbonyl (C=O) groups is 2. The maximum absolute atomic E-state index is 9.41. The Morgan fingerprint density at radius 3 is 1.31 bits per heavy atom. The molecule has 0 aromatic carbocycles. The highest BCUT2D eigenvalue weighted by molar-refractivity contribution is 5.87. The lowest BCUT2D eigenvalue weighted by Gasteiger charge is -2.18. The van der Waals surface area contributed by atoms with Crippen LogP contribution in [0.15, 0.2) is 12.2 Å². The zero-order valence-corrected chi connectivity index (χ0v) is 17.1. The Kier molecular flexibility index (Phi) is 12.1. The molecule has 2 aliphatic rings. The van der Waals surface area contributed by atoms with Crippen LogP contribution in [0, 0.1) is 0 Å². The van der Waals surface area contributed by atoms with Crippen LogP contribution in [0.4, 0.5) is 0 Å². The van der Waals surface area contributed by atoms with Gasteiger partial charge in [0.1, 0.15) is 12.3 Å². The van der Waals surface area contributed by atoms with Gasteiger partial charge in [0.2, 0.25) is 0 Å². The molecular weight excluding hydrogens is 336 g/mol. The number of carboxylic acids is 2. The normalized spacial score (nSPS) is 29.0. The van der Waals surface area contributed by atoms with E-state index in [1.165, 1.54) is 39.3 Å². The first-order valence-electron chi connectivity index (χ1n) is 9.36. The number of nitrogens with one attached hydrogen (secondary N) is 2. The van der Waals surface area contributed by atoms with Gasteiger partial charge < -0.3 is 29.6 Å². The van der Waals surface area contributed by atoms with Crippen LogP contribution in [-0.4, -0.2) is 87.4 Å². The molecule has 0 saturated carbocycles. The molecule has 2 saturated heterocycles. The molecule has 0 radical (unpaired) electrons. The molecule has 0 aliphatic carbocycles. The fourth-order valence-corrected chi connectivity index (χ4v) is 3.07. The highest BCUT2D eigenvalue weighted by atomic mass is 16.4. The molecule has 2 N–H and O–H groups in total. The van der Waals surface area contributed by atoms with Crippen molar-refractivity contribution in [3.8, 4) is 0 Å². The van der Waals surface area contributed by atoms with Crippen molar-refractivity contribution in [1.29, 1.82) is 0 Å². The van der Waals surface area contributed by atoms with Crippen molar-refractivity contribution in [2.24, 2.45) is 0 Å². The van der Waals surface area contributed by atoms with Crippen LogP contribution in [0.1, 0.15) is 27.7 Å². The Balaban J connectivity index is 0.000000362. The maximum atomic E-state index is 9.41. The SMILES string of the molecule is CCN1CC[NH+](C)C1C.CCN1CC[NH+](C)C1C.O=C([O-])/C=C\C(=O)[O-]. The fraction of sp³-hybridized carbons (Fsp3) is 0.778. The highest BCUT2D eigenvalue weighted by Crippen LogP contribution is 1.94. The first-order chi connectivity index (χ1) is 12.1. The first kappa shape index (κ1) is 24.5. The van der Waals surface area contributed by atoms with Gasteiger partial charge in [-0.2, -0.15) is 0 Å². The van der Waals surface area contributed by atoms with E-state index < -0.39 is 11.9 Å². The van der Waals surface area contributed by atoms with Gasteiger partial charge in [-0.25, -0.2) is 9.80 Å². The van der Waals surface area contributed by atoms with Crippen LogP contribution in [-0.2, 0) is 9.59 Å². The van der Waals surface area contributed by atoms with Crippen LogP contribution < -0.4 is 20.0 Å². The summed E-state index contributed by atoms with van der Waals surface area (Å²) >= 11 is 0. The van der Waals surface area contributed by atoms with Gasteiger partial charge in [-0.3, -0.25) is 0 Å². The summed E-state index contributed by atoms with van der Waals surface area (Å²) in [5.41, 5.74) is 0. The third kappa shape index (κ3) is 9.28. The van der Waals surface area contributed by atoms with Crippen molar-refractivity contribution in [3.05, 3.63) is 12.2 Å². The predicted octanol–water partition coefficient (Wildman–Crippen LogP) is -4.59. The third-order valence-electron chi connectivity index (χ3n) is 5.28. The van der Waals surface area contributed by atoms with Crippen LogP contribution in [0.3, 0.4) is 0 Å². The van der Waals surface area contributed by atoms with Gasteiger partial charge in [0.25, 0.3) is 0 Å². The van der Waals surface area contributed by atoms with Gasteiger partial charge in [-0.05, 0) is 12.2 Å². The lowest BCUT2D eigenvalue weighted by molar-refractivity contribution is -0.896.